The number of hydrogen-bond donors (Lipinski definition) is 0. The molecule has 0 saturated heterocycles. The molecule has 0 unspecified atom stereocenters. The number of hydrogen-bond acceptors (Lipinski definition) is 1. The van der Waals surface area contributed by atoms with Crippen LogP contribution in [0.4, 0.5) is 0 Å². The number of benzene rings is 2. The first-order valence-electron chi connectivity index (χ1n) is 6.17. The Morgan fingerprint density at radius 1 is 1.06 bits per heavy atom. The van der Waals surface area contributed by atoms with Crippen LogP contribution in [0.5, 0.6) is 0 Å². The Bertz CT molecular complexity index is 500. The average Bonchev–Trinajstić information content (AvgIpc) is 2.38. The molecular formula is C16H18O. The van der Waals surface area contributed by atoms with Crippen molar-refractivity contribution in [3.05, 3.63) is 54.3 Å². The van der Waals surface area contributed by atoms with E-state index in [-0.39, 0.29) is 0 Å². The van der Waals surface area contributed by atoms with Crippen molar-refractivity contribution in [2.45, 2.75) is 19.8 Å². The average molecular weight is 226 g/mol. The minimum Gasteiger partial charge on any atom is -0.501 e. The molecule has 1 heteroatoms. The van der Waals surface area contributed by atoms with E-state index in [1.807, 2.05) is 6.08 Å². The number of fused-ring (bicyclic) bond motifs is 1. The molecule has 0 amide bonds. The van der Waals surface area contributed by atoms with Crippen molar-refractivity contribution in [2.24, 2.45) is 0 Å². The van der Waals surface area contributed by atoms with Gasteiger partial charge >= 0.3 is 0 Å². The highest BCUT2D eigenvalue weighted by Gasteiger charge is 1.92. The second kappa shape index (κ2) is 6.09. The molecule has 0 aliphatic carbocycles. The third-order valence-corrected chi connectivity index (χ3v) is 2.75. The second-order valence-electron chi connectivity index (χ2n) is 4.13. The van der Waals surface area contributed by atoms with Crippen molar-refractivity contribution in [1.82, 2.24) is 0 Å². The third kappa shape index (κ3) is 3.35. The molecule has 88 valence electrons. The van der Waals surface area contributed by atoms with E-state index in [9.17, 15) is 0 Å². The SMILES string of the molecule is CCCCO/C=C/c1ccc2ccccc2c1. The van der Waals surface area contributed by atoms with Crippen LogP contribution in [0, 0.1) is 0 Å². The summed E-state index contributed by atoms with van der Waals surface area (Å²) < 4.78 is 5.41. The van der Waals surface area contributed by atoms with Crippen LogP contribution in [0.15, 0.2) is 48.7 Å². The molecule has 2 aromatic rings. The first kappa shape index (κ1) is 11.7. The topological polar surface area (TPSA) is 9.23 Å². The highest BCUT2D eigenvalue weighted by atomic mass is 16.5. The van der Waals surface area contributed by atoms with Crippen LogP contribution < -0.4 is 0 Å². The Kier molecular flexibility index (Phi) is 4.20. The summed E-state index contributed by atoms with van der Waals surface area (Å²) in [5.41, 5.74) is 1.18. The van der Waals surface area contributed by atoms with Gasteiger partial charge in [0.05, 0.1) is 12.9 Å². The summed E-state index contributed by atoms with van der Waals surface area (Å²) in [6, 6.07) is 14.8. The fraction of sp³-hybridized carbons (Fsp3) is 0.250. The van der Waals surface area contributed by atoms with Gasteiger partial charge in [0.25, 0.3) is 0 Å². The molecule has 17 heavy (non-hydrogen) atoms. The Morgan fingerprint density at radius 3 is 2.71 bits per heavy atom. The second-order valence-corrected chi connectivity index (χ2v) is 4.13. The van der Waals surface area contributed by atoms with E-state index in [0.29, 0.717) is 0 Å². The van der Waals surface area contributed by atoms with E-state index in [4.69, 9.17) is 4.74 Å². The van der Waals surface area contributed by atoms with Gasteiger partial charge in [-0.25, -0.2) is 0 Å². The first-order valence-corrected chi connectivity index (χ1v) is 6.17. The molecule has 0 aromatic heterocycles. The van der Waals surface area contributed by atoms with Gasteiger partial charge in [-0.3, -0.25) is 0 Å². The number of unbranched alkanes of at least 4 members (excludes halogenated alkanes) is 1. The molecule has 0 atom stereocenters. The van der Waals surface area contributed by atoms with Crippen LogP contribution in [0.3, 0.4) is 0 Å². The van der Waals surface area contributed by atoms with Gasteiger partial charge in [0.2, 0.25) is 0 Å². The van der Waals surface area contributed by atoms with E-state index >= 15 is 0 Å². The maximum Gasteiger partial charge on any atom is 0.0873 e. The zero-order chi connectivity index (χ0) is 11.9. The van der Waals surface area contributed by atoms with E-state index < -0.39 is 0 Å². The lowest BCUT2D eigenvalue weighted by atomic mass is 10.1. The molecule has 0 spiro atoms. The fourth-order valence-corrected chi connectivity index (χ4v) is 1.73. The molecule has 0 fully saturated rings. The molecule has 0 saturated carbocycles. The van der Waals surface area contributed by atoms with E-state index in [0.717, 1.165) is 13.0 Å². The van der Waals surface area contributed by atoms with E-state index in [1.165, 1.54) is 22.8 Å². The van der Waals surface area contributed by atoms with Gasteiger partial charge in [-0.2, -0.15) is 0 Å². The van der Waals surface area contributed by atoms with Crippen molar-refractivity contribution < 1.29 is 4.74 Å². The first-order chi connectivity index (χ1) is 8.40. The maximum absolute atomic E-state index is 5.41. The minimum atomic E-state index is 0.806. The smallest absolute Gasteiger partial charge is 0.0873 e. The summed E-state index contributed by atoms with van der Waals surface area (Å²) in [6.07, 6.45) is 6.09. The van der Waals surface area contributed by atoms with E-state index in [1.54, 1.807) is 6.26 Å². The molecule has 0 bridgehead atoms. The third-order valence-electron chi connectivity index (χ3n) is 2.75. The van der Waals surface area contributed by atoms with Crippen LogP contribution in [0.2, 0.25) is 0 Å². The summed E-state index contributed by atoms with van der Waals surface area (Å²) in [4.78, 5) is 0. The van der Waals surface area contributed by atoms with Gasteiger partial charge in [-0.05, 0) is 34.9 Å². The largest absolute Gasteiger partial charge is 0.501 e. The van der Waals surface area contributed by atoms with Crippen LogP contribution in [0.1, 0.15) is 25.3 Å². The predicted molar refractivity (Wildman–Crippen MR) is 73.8 cm³/mol. The zero-order valence-electron chi connectivity index (χ0n) is 10.2. The fourth-order valence-electron chi connectivity index (χ4n) is 1.73. The number of ether oxygens (including phenoxy) is 1. The number of rotatable bonds is 5. The Labute approximate surface area is 103 Å². The van der Waals surface area contributed by atoms with Crippen molar-refractivity contribution in [1.29, 1.82) is 0 Å². The van der Waals surface area contributed by atoms with Gasteiger partial charge in [-0.1, -0.05) is 49.7 Å². The normalized spacial score (nSPS) is 11.1. The monoisotopic (exact) mass is 226 g/mol. The van der Waals surface area contributed by atoms with Gasteiger partial charge < -0.3 is 4.74 Å². The summed E-state index contributed by atoms with van der Waals surface area (Å²) in [6.45, 7) is 2.97. The molecule has 1 nitrogen and oxygen atoms in total. The van der Waals surface area contributed by atoms with Crippen molar-refractivity contribution in [2.75, 3.05) is 6.61 Å². The minimum absolute atomic E-state index is 0.806. The molecule has 2 rings (SSSR count). The molecule has 0 N–H and O–H groups in total. The summed E-state index contributed by atoms with van der Waals surface area (Å²) >= 11 is 0. The summed E-state index contributed by atoms with van der Waals surface area (Å²) in [5.74, 6) is 0. The highest BCUT2D eigenvalue weighted by molar-refractivity contribution is 5.84. The van der Waals surface area contributed by atoms with Crippen LogP contribution in [-0.2, 0) is 4.74 Å². The zero-order valence-corrected chi connectivity index (χ0v) is 10.2. The van der Waals surface area contributed by atoms with Crippen molar-refractivity contribution >= 4 is 16.8 Å². The molecule has 0 heterocycles. The Balaban J connectivity index is 2.04. The summed E-state index contributed by atoms with van der Waals surface area (Å²) in [5, 5.41) is 2.54. The van der Waals surface area contributed by atoms with Crippen molar-refractivity contribution in [3.8, 4) is 0 Å². The van der Waals surface area contributed by atoms with Crippen LogP contribution in [-0.4, -0.2) is 6.61 Å². The quantitative estimate of drug-likeness (QED) is 0.533. The lowest BCUT2D eigenvalue weighted by molar-refractivity contribution is 0.246. The van der Waals surface area contributed by atoms with Gasteiger partial charge in [0, 0.05) is 0 Å². The van der Waals surface area contributed by atoms with Gasteiger partial charge in [-0.15, -0.1) is 0 Å². The molecular weight excluding hydrogens is 208 g/mol. The molecule has 0 aliphatic rings. The predicted octanol–water partition coefficient (Wildman–Crippen LogP) is 4.63. The van der Waals surface area contributed by atoms with Gasteiger partial charge in [0.1, 0.15) is 0 Å². The van der Waals surface area contributed by atoms with Gasteiger partial charge in [0.15, 0.2) is 0 Å². The lowest BCUT2D eigenvalue weighted by Crippen LogP contribution is -1.84. The molecule has 2 aromatic carbocycles. The Hall–Kier alpha value is -1.76. The summed E-state index contributed by atoms with van der Waals surface area (Å²) in [7, 11) is 0. The lowest BCUT2D eigenvalue weighted by Gasteiger charge is -2.00. The van der Waals surface area contributed by atoms with Crippen molar-refractivity contribution in [3.63, 3.8) is 0 Å². The van der Waals surface area contributed by atoms with Crippen LogP contribution in [0.25, 0.3) is 16.8 Å². The standard InChI is InChI=1S/C16H18O/c1-2-3-11-17-12-10-14-8-9-15-6-4-5-7-16(15)13-14/h4-10,12-13H,2-3,11H2,1H3/b12-10+. The van der Waals surface area contributed by atoms with Crippen LogP contribution >= 0.6 is 0 Å². The molecule has 0 radical (unpaired) electrons. The van der Waals surface area contributed by atoms with E-state index in [2.05, 4.69) is 49.4 Å². The Morgan fingerprint density at radius 2 is 1.88 bits per heavy atom. The molecule has 0 aliphatic heterocycles. The highest BCUT2D eigenvalue weighted by Crippen LogP contribution is 2.16. The maximum atomic E-state index is 5.41.